The molecule has 1 aromatic carbocycles. The van der Waals surface area contributed by atoms with Crippen LogP contribution < -0.4 is 0 Å². The van der Waals surface area contributed by atoms with Crippen molar-refractivity contribution in [2.24, 2.45) is 0 Å². The fourth-order valence-corrected chi connectivity index (χ4v) is 1.25. The number of Topliss-reactive ketones (excluding diaryl/α,β-unsaturated/α-hetero) is 1. The van der Waals surface area contributed by atoms with E-state index in [4.69, 9.17) is 0 Å². The molecule has 9 heteroatoms. The second-order valence-electron chi connectivity index (χ2n) is 3.70. The van der Waals surface area contributed by atoms with Gasteiger partial charge in [-0.15, -0.1) is 0 Å². The summed E-state index contributed by atoms with van der Waals surface area (Å²) in [5, 5.41) is 0. The van der Waals surface area contributed by atoms with Gasteiger partial charge >= 0.3 is 12.4 Å². The maximum Gasteiger partial charge on any atom is 0.423 e. The highest BCUT2D eigenvalue weighted by atomic mass is 19.4. The molecule has 0 saturated carbocycles. The summed E-state index contributed by atoms with van der Waals surface area (Å²) in [5.74, 6) is -1.82. The molecule has 0 unspecified atom stereocenters. The van der Waals surface area contributed by atoms with Gasteiger partial charge in [-0.1, -0.05) is 0 Å². The van der Waals surface area contributed by atoms with Crippen LogP contribution in [-0.4, -0.2) is 30.8 Å². The molecule has 0 spiro atoms. The Morgan fingerprint density at radius 2 is 1.45 bits per heavy atom. The van der Waals surface area contributed by atoms with Crippen molar-refractivity contribution in [3.05, 3.63) is 35.6 Å². The molecule has 112 valence electrons. The molecule has 0 aliphatic heterocycles. The lowest BCUT2D eigenvalue weighted by atomic mass is 10.1. The van der Waals surface area contributed by atoms with Crippen molar-refractivity contribution >= 4 is 5.78 Å². The Labute approximate surface area is 108 Å². The van der Waals surface area contributed by atoms with Gasteiger partial charge < -0.3 is 4.74 Å². The van der Waals surface area contributed by atoms with E-state index in [9.17, 15) is 35.5 Å². The minimum atomic E-state index is -5.68. The van der Waals surface area contributed by atoms with Crippen LogP contribution in [0.15, 0.2) is 24.3 Å². The van der Waals surface area contributed by atoms with E-state index in [1.165, 1.54) is 0 Å². The molecule has 0 heterocycles. The van der Waals surface area contributed by atoms with E-state index in [0.717, 1.165) is 24.3 Å². The van der Waals surface area contributed by atoms with Crippen molar-refractivity contribution < 1.29 is 40.3 Å². The summed E-state index contributed by atoms with van der Waals surface area (Å²) in [6.07, 6.45) is -15.4. The van der Waals surface area contributed by atoms with Gasteiger partial charge in [-0.25, -0.2) is 4.39 Å². The zero-order valence-corrected chi connectivity index (χ0v) is 9.56. The Kier molecular flexibility index (Phi) is 4.74. The molecular formula is C11H7F7O2. The average molecular weight is 304 g/mol. The lowest BCUT2D eigenvalue weighted by Crippen LogP contribution is -2.45. The largest absolute Gasteiger partial charge is 0.423 e. The predicted molar refractivity (Wildman–Crippen MR) is 52.6 cm³/mol. The summed E-state index contributed by atoms with van der Waals surface area (Å²) >= 11 is 0. The first-order chi connectivity index (χ1) is 9.01. The minimum Gasteiger partial charge on any atom is -0.353 e. The van der Waals surface area contributed by atoms with Crippen molar-refractivity contribution in [1.82, 2.24) is 0 Å². The predicted octanol–water partition coefficient (Wildman–Crippen LogP) is 3.52. The standard InChI is InChI=1S/C11H7F7O2/c12-7-3-1-6(2-4-7)8(19)5-20-9(10(13,14)15)11(16,17)18/h1-4,9H,5H2. The zero-order valence-electron chi connectivity index (χ0n) is 9.56. The molecule has 0 saturated heterocycles. The molecule has 0 N–H and O–H groups in total. The zero-order chi connectivity index (χ0) is 15.6. The molecule has 20 heavy (non-hydrogen) atoms. The van der Waals surface area contributed by atoms with Crippen molar-refractivity contribution in [1.29, 1.82) is 0 Å². The quantitative estimate of drug-likeness (QED) is 0.628. The van der Waals surface area contributed by atoms with Gasteiger partial charge in [0.25, 0.3) is 0 Å². The first-order valence-electron chi connectivity index (χ1n) is 5.05. The SMILES string of the molecule is O=C(COC(C(F)(F)F)C(F)(F)F)c1ccc(F)cc1. The van der Waals surface area contributed by atoms with Crippen molar-refractivity contribution in [2.75, 3.05) is 6.61 Å². The Balaban J connectivity index is 2.73. The Morgan fingerprint density at radius 3 is 1.85 bits per heavy atom. The number of halogens is 7. The second-order valence-corrected chi connectivity index (χ2v) is 3.70. The van der Waals surface area contributed by atoms with Crippen molar-refractivity contribution in [3.63, 3.8) is 0 Å². The third-order valence-electron chi connectivity index (χ3n) is 2.14. The third-order valence-corrected chi connectivity index (χ3v) is 2.14. The number of hydrogen-bond acceptors (Lipinski definition) is 2. The molecule has 1 rings (SSSR count). The molecule has 0 aliphatic rings. The molecule has 0 aromatic heterocycles. The van der Waals surface area contributed by atoms with Crippen LogP contribution in [0.3, 0.4) is 0 Å². The first-order valence-corrected chi connectivity index (χ1v) is 5.05. The van der Waals surface area contributed by atoms with Crippen LogP contribution in [0, 0.1) is 5.82 Å². The highest BCUT2D eigenvalue weighted by Crippen LogP contribution is 2.35. The fourth-order valence-electron chi connectivity index (χ4n) is 1.25. The van der Waals surface area contributed by atoms with E-state index in [1.807, 2.05) is 0 Å². The molecule has 0 aliphatic carbocycles. The number of hydrogen-bond donors (Lipinski definition) is 0. The smallest absolute Gasteiger partial charge is 0.353 e. The molecule has 0 fully saturated rings. The molecular weight excluding hydrogens is 297 g/mol. The number of ketones is 1. The number of carbonyl (C=O) groups is 1. The van der Waals surface area contributed by atoms with Gasteiger partial charge in [-0.05, 0) is 24.3 Å². The van der Waals surface area contributed by atoms with Crippen LogP contribution >= 0.6 is 0 Å². The van der Waals surface area contributed by atoms with Gasteiger partial charge in [0.15, 0.2) is 5.78 Å². The second kappa shape index (κ2) is 5.78. The van der Waals surface area contributed by atoms with Gasteiger partial charge in [-0.3, -0.25) is 4.79 Å². The van der Waals surface area contributed by atoms with Crippen LogP contribution in [0.2, 0.25) is 0 Å². The maximum atomic E-state index is 12.5. The van der Waals surface area contributed by atoms with Gasteiger partial charge in [0.05, 0.1) is 0 Å². The lowest BCUT2D eigenvalue weighted by molar-refractivity contribution is -0.318. The van der Waals surface area contributed by atoms with Crippen molar-refractivity contribution in [3.8, 4) is 0 Å². The van der Waals surface area contributed by atoms with E-state index in [-0.39, 0.29) is 5.56 Å². The van der Waals surface area contributed by atoms with Gasteiger partial charge in [0.1, 0.15) is 12.4 Å². The minimum absolute atomic E-state index is 0.255. The normalized spacial score (nSPS) is 12.8. The van der Waals surface area contributed by atoms with Gasteiger partial charge in [0.2, 0.25) is 6.10 Å². The Hall–Kier alpha value is -1.64. The summed E-state index contributed by atoms with van der Waals surface area (Å²) in [4.78, 5) is 11.3. The molecule has 2 nitrogen and oxygen atoms in total. The lowest BCUT2D eigenvalue weighted by Gasteiger charge is -2.22. The van der Waals surface area contributed by atoms with Gasteiger partial charge in [-0.2, -0.15) is 26.3 Å². The highest BCUT2D eigenvalue weighted by Gasteiger charge is 2.58. The van der Waals surface area contributed by atoms with E-state index in [1.54, 1.807) is 0 Å². The van der Waals surface area contributed by atoms with E-state index < -0.39 is 36.7 Å². The third kappa shape index (κ3) is 4.48. The summed E-state index contributed by atoms with van der Waals surface area (Å²) < 4.78 is 88.9. The first kappa shape index (κ1) is 16.4. The molecule has 1 aromatic rings. The average Bonchev–Trinajstić information content (AvgIpc) is 2.26. The number of benzene rings is 1. The highest BCUT2D eigenvalue weighted by molar-refractivity contribution is 5.97. The van der Waals surface area contributed by atoms with Crippen molar-refractivity contribution in [2.45, 2.75) is 18.5 Å². The summed E-state index contributed by atoms with van der Waals surface area (Å²) in [6.45, 7) is -1.42. The summed E-state index contributed by atoms with van der Waals surface area (Å²) in [6, 6.07) is 3.55. The fraction of sp³-hybridized carbons (Fsp3) is 0.364. The maximum absolute atomic E-state index is 12.5. The topological polar surface area (TPSA) is 26.3 Å². The molecule has 0 atom stereocenters. The van der Waals surface area contributed by atoms with E-state index >= 15 is 0 Å². The number of alkyl halides is 6. The summed E-state index contributed by atoms with van der Waals surface area (Å²) in [5.41, 5.74) is -0.255. The molecule has 0 bridgehead atoms. The van der Waals surface area contributed by atoms with Crippen LogP contribution in [0.1, 0.15) is 10.4 Å². The number of ether oxygens (including phenoxy) is 1. The molecule has 0 amide bonds. The summed E-state index contributed by atoms with van der Waals surface area (Å²) in [7, 11) is 0. The van der Waals surface area contributed by atoms with Crippen LogP contribution in [0.25, 0.3) is 0 Å². The van der Waals surface area contributed by atoms with Crippen LogP contribution in [0.4, 0.5) is 30.7 Å². The monoisotopic (exact) mass is 304 g/mol. The van der Waals surface area contributed by atoms with Crippen LogP contribution in [-0.2, 0) is 4.74 Å². The number of rotatable bonds is 4. The Bertz CT molecular complexity index is 447. The van der Waals surface area contributed by atoms with E-state index in [0.29, 0.717) is 0 Å². The Morgan fingerprint density at radius 1 is 1.00 bits per heavy atom. The van der Waals surface area contributed by atoms with Crippen LogP contribution in [0.5, 0.6) is 0 Å². The molecule has 0 radical (unpaired) electrons. The number of carbonyl (C=O) groups excluding carboxylic acids is 1. The van der Waals surface area contributed by atoms with Gasteiger partial charge in [0, 0.05) is 5.56 Å². The van der Waals surface area contributed by atoms with E-state index in [2.05, 4.69) is 4.74 Å².